The fraction of sp³-hybridized carbons (Fsp3) is 0.125. The maximum Gasteiger partial charge on any atom is 0.338 e. The first-order valence-corrected chi connectivity index (χ1v) is 6.48. The summed E-state index contributed by atoms with van der Waals surface area (Å²) in [5.74, 6) is -1.90. The minimum absolute atomic E-state index is 0.201. The topological polar surface area (TPSA) is 127 Å². The molecular weight excluding hydrogens is 284 g/mol. The highest BCUT2D eigenvalue weighted by molar-refractivity contribution is 5.95. The molecule has 0 radical (unpaired) electrons. The summed E-state index contributed by atoms with van der Waals surface area (Å²) in [4.78, 5) is 21.1. The van der Waals surface area contributed by atoms with E-state index < -0.39 is 11.9 Å². The largest absolute Gasteiger partial charge is 0.478 e. The van der Waals surface area contributed by atoms with Gasteiger partial charge >= 0.3 is 11.9 Å². The number of carboxylic acids is 2. The van der Waals surface area contributed by atoms with Crippen molar-refractivity contribution in [3.05, 3.63) is 64.7 Å². The SMILES string of the molecule is Cc1cccc(N)c1C(=O)O.NCc1ccccc1C(=O)O. The number of hydrogen-bond acceptors (Lipinski definition) is 4. The molecule has 0 aromatic heterocycles. The Bertz CT molecular complexity index is 663. The molecule has 0 unspecified atom stereocenters. The average Bonchev–Trinajstić information content (AvgIpc) is 2.47. The van der Waals surface area contributed by atoms with Crippen molar-refractivity contribution in [2.45, 2.75) is 13.5 Å². The predicted octanol–water partition coefficient (Wildman–Crippen LogP) is 2.12. The number of aromatic carboxylic acids is 2. The Morgan fingerprint density at radius 1 is 1.00 bits per heavy atom. The van der Waals surface area contributed by atoms with Crippen LogP contribution in [0.3, 0.4) is 0 Å². The Kier molecular flexibility index (Phi) is 6.09. The molecule has 0 saturated carbocycles. The third kappa shape index (κ3) is 4.32. The van der Waals surface area contributed by atoms with Gasteiger partial charge in [0, 0.05) is 12.2 Å². The zero-order chi connectivity index (χ0) is 16.7. The van der Waals surface area contributed by atoms with Crippen LogP contribution in [0.25, 0.3) is 0 Å². The molecule has 116 valence electrons. The van der Waals surface area contributed by atoms with Crippen LogP contribution in [-0.4, -0.2) is 22.2 Å². The maximum absolute atomic E-state index is 10.6. The minimum atomic E-state index is -0.972. The first-order chi connectivity index (χ1) is 10.4. The average molecular weight is 302 g/mol. The molecule has 0 bridgehead atoms. The van der Waals surface area contributed by atoms with Crippen LogP contribution in [0.4, 0.5) is 5.69 Å². The highest BCUT2D eigenvalue weighted by Crippen LogP contribution is 2.15. The smallest absolute Gasteiger partial charge is 0.338 e. The normalized spacial score (nSPS) is 9.55. The number of anilines is 1. The number of carboxylic acid groups (broad SMARTS) is 2. The van der Waals surface area contributed by atoms with Crippen LogP contribution in [0.1, 0.15) is 31.8 Å². The zero-order valence-corrected chi connectivity index (χ0v) is 12.1. The molecule has 6 heteroatoms. The van der Waals surface area contributed by atoms with Crippen LogP contribution in [0, 0.1) is 6.92 Å². The number of benzene rings is 2. The number of rotatable bonds is 3. The second-order valence-corrected chi connectivity index (χ2v) is 4.51. The molecule has 2 aromatic carbocycles. The summed E-state index contributed by atoms with van der Waals surface area (Å²) in [6.07, 6.45) is 0. The number of aryl methyl sites for hydroxylation is 1. The van der Waals surface area contributed by atoms with Crippen molar-refractivity contribution in [2.75, 3.05) is 5.73 Å². The van der Waals surface area contributed by atoms with Crippen molar-refractivity contribution < 1.29 is 19.8 Å². The van der Waals surface area contributed by atoms with E-state index in [1.807, 2.05) is 0 Å². The van der Waals surface area contributed by atoms with E-state index in [0.717, 1.165) is 0 Å². The molecule has 0 spiro atoms. The zero-order valence-electron chi connectivity index (χ0n) is 12.1. The van der Waals surface area contributed by atoms with Gasteiger partial charge < -0.3 is 21.7 Å². The van der Waals surface area contributed by atoms with Crippen molar-refractivity contribution in [3.8, 4) is 0 Å². The number of nitrogen functional groups attached to an aromatic ring is 1. The second-order valence-electron chi connectivity index (χ2n) is 4.51. The first-order valence-electron chi connectivity index (χ1n) is 6.48. The molecule has 0 atom stereocenters. The van der Waals surface area contributed by atoms with E-state index in [2.05, 4.69) is 0 Å². The summed E-state index contributed by atoms with van der Waals surface area (Å²) in [6.45, 7) is 1.99. The van der Waals surface area contributed by atoms with Crippen molar-refractivity contribution in [2.24, 2.45) is 5.73 Å². The fourth-order valence-electron chi connectivity index (χ4n) is 1.89. The molecule has 0 aliphatic rings. The number of nitrogens with two attached hydrogens (primary N) is 2. The Labute approximate surface area is 128 Å². The lowest BCUT2D eigenvalue weighted by Crippen LogP contribution is -2.05. The molecular formula is C16H18N2O4. The van der Waals surface area contributed by atoms with E-state index in [4.69, 9.17) is 21.7 Å². The van der Waals surface area contributed by atoms with Gasteiger partial charge in [0.15, 0.2) is 0 Å². The van der Waals surface area contributed by atoms with Gasteiger partial charge in [-0.1, -0.05) is 30.3 Å². The Morgan fingerprint density at radius 3 is 2.05 bits per heavy atom. The molecule has 0 amide bonds. The summed E-state index contributed by atoms with van der Waals surface area (Å²) in [6, 6.07) is 11.7. The number of carbonyl (C=O) groups is 2. The van der Waals surface area contributed by atoms with Crippen molar-refractivity contribution >= 4 is 17.6 Å². The van der Waals surface area contributed by atoms with Crippen molar-refractivity contribution in [3.63, 3.8) is 0 Å². The third-order valence-electron chi connectivity index (χ3n) is 2.99. The maximum atomic E-state index is 10.6. The summed E-state index contributed by atoms with van der Waals surface area (Å²) >= 11 is 0. The highest BCUT2D eigenvalue weighted by Gasteiger charge is 2.09. The minimum Gasteiger partial charge on any atom is -0.478 e. The number of hydrogen-bond donors (Lipinski definition) is 4. The van der Waals surface area contributed by atoms with Crippen molar-refractivity contribution in [1.29, 1.82) is 0 Å². The van der Waals surface area contributed by atoms with Gasteiger partial charge in [-0.05, 0) is 30.2 Å². The van der Waals surface area contributed by atoms with Crippen LogP contribution >= 0.6 is 0 Å². The molecule has 0 saturated heterocycles. The van der Waals surface area contributed by atoms with Crippen LogP contribution < -0.4 is 11.5 Å². The van der Waals surface area contributed by atoms with Crippen LogP contribution in [0.15, 0.2) is 42.5 Å². The Hall–Kier alpha value is -2.86. The van der Waals surface area contributed by atoms with Gasteiger partial charge in [0.25, 0.3) is 0 Å². The lowest BCUT2D eigenvalue weighted by molar-refractivity contribution is 0.0685. The molecule has 6 nitrogen and oxygen atoms in total. The second kappa shape index (κ2) is 7.80. The molecule has 0 aliphatic carbocycles. The summed E-state index contributed by atoms with van der Waals surface area (Å²) < 4.78 is 0. The Balaban J connectivity index is 0.000000220. The Morgan fingerprint density at radius 2 is 1.64 bits per heavy atom. The van der Waals surface area contributed by atoms with Crippen LogP contribution in [0.5, 0.6) is 0 Å². The molecule has 22 heavy (non-hydrogen) atoms. The van der Waals surface area contributed by atoms with E-state index in [0.29, 0.717) is 16.8 Å². The van der Waals surface area contributed by atoms with E-state index >= 15 is 0 Å². The van der Waals surface area contributed by atoms with Gasteiger partial charge in [0.1, 0.15) is 0 Å². The molecule has 6 N–H and O–H groups in total. The molecule has 0 heterocycles. The molecule has 2 aromatic rings. The third-order valence-corrected chi connectivity index (χ3v) is 2.99. The van der Waals surface area contributed by atoms with Gasteiger partial charge in [0.05, 0.1) is 11.1 Å². The lowest BCUT2D eigenvalue weighted by Gasteiger charge is -2.02. The standard InChI is InChI=1S/2C8H9NO2/c1-5-3-2-4-6(9)7(5)8(10)11;9-5-6-3-1-2-4-7(6)8(10)11/h2-4H,9H2,1H3,(H,10,11);1-4H,5,9H2,(H,10,11). The quantitative estimate of drug-likeness (QED) is 0.643. The highest BCUT2D eigenvalue weighted by atomic mass is 16.4. The van der Waals surface area contributed by atoms with E-state index in [9.17, 15) is 9.59 Å². The van der Waals surface area contributed by atoms with E-state index in [1.54, 1.807) is 49.4 Å². The van der Waals surface area contributed by atoms with Crippen LogP contribution in [-0.2, 0) is 6.54 Å². The summed E-state index contributed by atoms with van der Waals surface area (Å²) in [7, 11) is 0. The van der Waals surface area contributed by atoms with E-state index in [1.165, 1.54) is 0 Å². The monoisotopic (exact) mass is 302 g/mol. The van der Waals surface area contributed by atoms with Gasteiger partial charge in [0.2, 0.25) is 0 Å². The summed E-state index contributed by atoms with van der Waals surface area (Å²) in [5.41, 5.74) is 12.9. The van der Waals surface area contributed by atoms with Crippen molar-refractivity contribution in [1.82, 2.24) is 0 Å². The molecule has 2 rings (SSSR count). The van der Waals surface area contributed by atoms with Gasteiger partial charge in [-0.25, -0.2) is 9.59 Å². The van der Waals surface area contributed by atoms with E-state index in [-0.39, 0.29) is 17.7 Å². The van der Waals surface area contributed by atoms with Crippen LogP contribution in [0.2, 0.25) is 0 Å². The molecule has 0 fully saturated rings. The first kappa shape index (κ1) is 17.2. The fourth-order valence-corrected chi connectivity index (χ4v) is 1.89. The van der Waals surface area contributed by atoms with Gasteiger partial charge in [-0.15, -0.1) is 0 Å². The van der Waals surface area contributed by atoms with Gasteiger partial charge in [-0.2, -0.15) is 0 Å². The predicted molar refractivity (Wildman–Crippen MR) is 83.8 cm³/mol. The molecule has 0 aliphatic heterocycles. The summed E-state index contributed by atoms with van der Waals surface area (Å²) in [5, 5.41) is 17.3. The lowest BCUT2D eigenvalue weighted by atomic mass is 10.1. The van der Waals surface area contributed by atoms with Gasteiger partial charge in [-0.3, -0.25) is 0 Å².